The number of hydrogen-bond acceptors (Lipinski definition) is 6. The highest BCUT2D eigenvalue weighted by atomic mass is 28.4. The van der Waals surface area contributed by atoms with Crippen molar-refractivity contribution in [3.63, 3.8) is 0 Å². The highest BCUT2D eigenvalue weighted by molar-refractivity contribution is 6.66. The van der Waals surface area contributed by atoms with Crippen molar-refractivity contribution in [1.82, 2.24) is 0 Å². The largest absolute Gasteiger partial charge is 0.493 e. The summed E-state index contributed by atoms with van der Waals surface area (Å²) in [7, 11) is -2.20. The van der Waals surface area contributed by atoms with Gasteiger partial charge in [-0.2, -0.15) is 0 Å². The van der Waals surface area contributed by atoms with Crippen molar-refractivity contribution in [3.05, 3.63) is 29.3 Å². The lowest BCUT2D eigenvalue weighted by Crippen LogP contribution is -2.39. The second-order valence-corrected chi connectivity index (χ2v) is 9.48. The molecule has 0 aromatic heterocycles. The van der Waals surface area contributed by atoms with Gasteiger partial charge in [0.2, 0.25) is 0 Å². The number of benzene rings is 1. The Labute approximate surface area is 149 Å². The maximum atomic E-state index is 11.8. The van der Waals surface area contributed by atoms with Crippen LogP contribution in [0.1, 0.15) is 53.8 Å². The molecular formula is C18H26O6Si. The predicted octanol–water partition coefficient (Wildman–Crippen LogP) is 3.69. The SMILES string of the molecule is CCCO[Si](C)(CCCOc1cccc2c1C(=O)OC2=O)OCCC. The smallest absolute Gasteiger partial charge is 0.350 e. The Bertz CT molecular complexity index is 608. The van der Waals surface area contributed by atoms with Crippen molar-refractivity contribution in [2.45, 2.75) is 45.7 Å². The molecule has 0 saturated heterocycles. The first-order valence-electron chi connectivity index (χ1n) is 8.81. The van der Waals surface area contributed by atoms with Crippen LogP contribution in [0, 0.1) is 0 Å². The summed E-state index contributed by atoms with van der Waals surface area (Å²) in [5, 5.41) is 0. The van der Waals surface area contributed by atoms with E-state index < -0.39 is 20.5 Å². The minimum atomic E-state index is -2.20. The molecule has 0 N–H and O–H groups in total. The zero-order chi connectivity index (χ0) is 18.3. The van der Waals surface area contributed by atoms with E-state index in [1.165, 1.54) is 0 Å². The molecule has 25 heavy (non-hydrogen) atoms. The minimum Gasteiger partial charge on any atom is -0.493 e. The highest BCUT2D eigenvalue weighted by Gasteiger charge is 2.33. The topological polar surface area (TPSA) is 71.1 Å². The Morgan fingerprint density at radius 3 is 2.32 bits per heavy atom. The normalized spacial score (nSPS) is 13.7. The fourth-order valence-electron chi connectivity index (χ4n) is 2.62. The molecule has 2 rings (SSSR count). The summed E-state index contributed by atoms with van der Waals surface area (Å²) in [6.07, 6.45) is 2.67. The summed E-state index contributed by atoms with van der Waals surface area (Å²) in [4.78, 5) is 23.3. The Balaban J connectivity index is 1.90. The molecule has 6 nitrogen and oxygen atoms in total. The molecule has 0 aliphatic carbocycles. The average Bonchev–Trinajstić information content (AvgIpc) is 2.90. The summed E-state index contributed by atoms with van der Waals surface area (Å²) < 4.78 is 22.3. The molecule has 0 amide bonds. The van der Waals surface area contributed by atoms with E-state index in [2.05, 4.69) is 25.1 Å². The molecule has 0 atom stereocenters. The van der Waals surface area contributed by atoms with Crippen molar-refractivity contribution in [2.75, 3.05) is 19.8 Å². The molecule has 1 aliphatic rings. The van der Waals surface area contributed by atoms with E-state index in [0.717, 1.165) is 25.3 Å². The van der Waals surface area contributed by atoms with Gasteiger partial charge in [0.05, 0.1) is 12.2 Å². The third-order valence-corrected chi connectivity index (χ3v) is 6.78. The van der Waals surface area contributed by atoms with Crippen molar-refractivity contribution in [2.24, 2.45) is 0 Å². The van der Waals surface area contributed by atoms with Crippen molar-refractivity contribution in [1.29, 1.82) is 0 Å². The number of ether oxygens (including phenoxy) is 2. The Morgan fingerprint density at radius 2 is 1.68 bits per heavy atom. The lowest BCUT2D eigenvalue weighted by Gasteiger charge is -2.27. The zero-order valence-electron chi connectivity index (χ0n) is 15.1. The number of esters is 2. The maximum absolute atomic E-state index is 11.8. The highest BCUT2D eigenvalue weighted by Crippen LogP contribution is 2.29. The monoisotopic (exact) mass is 366 g/mol. The molecule has 0 unspecified atom stereocenters. The van der Waals surface area contributed by atoms with Gasteiger partial charge in [0.1, 0.15) is 11.3 Å². The molecule has 1 heterocycles. The fourth-order valence-corrected chi connectivity index (χ4v) is 5.05. The minimum absolute atomic E-state index is 0.219. The average molecular weight is 366 g/mol. The van der Waals surface area contributed by atoms with Crippen molar-refractivity contribution in [3.8, 4) is 5.75 Å². The molecule has 0 spiro atoms. The van der Waals surface area contributed by atoms with E-state index in [-0.39, 0.29) is 11.1 Å². The van der Waals surface area contributed by atoms with Crippen molar-refractivity contribution >= 4 is 20.5 Å². The van der Waals surface area contributed by atoms with Crippen LogP contribution in [0.4, 0.5) is 0 Å². The van der Waals surface area contributed by atoms with Crippen LogP contribution in [0.15, 0.2) is 18.2 Å². The molecule has 138 valence electrons. The zero-order valence-corrected chi connectivity index (χ0v) is 16.1. The molecule has 1 aliphatic heterocycles. The van der Waals surface area contributed by atoms with E-state index in [9.17, 15) is 9.59 Å². The van der Waals surface area contributed by atoms with Crippen LogP contribution >= 0.6 is 0 Å². The quantitative estimate of drug-likeness (QED) is 0.257. The van der Waals surface area contributed by atoms with Crippen LogP contribution in [0.2, 0.25) is 12.6 Å². The van der Waals surface area contributed by atoms with Gasteiger partial charge < -0.3 is 18.3 Å². The number of cyclic esters (lactones) is 2. The summed E-state index contributed by atoms with van der Waals surface area (Å²) in [5.41, 5.74) is 0.483. The second kappa shape index (κ2) is 9.12. The van der Waals surface area contributed by atoms with Crippen LogP contribution in [0.25, 0.3) is 0 Å². The van der Waals surface area contributed by atoms with Crippen LogP contribution in [-0.4, -0.2) is 40.3 Å². The van der Waals surface area contributed by atoms with Crippen LogP contribution < -0.4 is 4.74 Å². The molecular weight excluding hydrogens is 340 g/mol. The lowest BCUT2D eigenvalue weighted by molar-refractivity contribution is 0.0442. The third-order valence-electron chi connectivity index (χ3n) is 3.89. The molecule has 0 radical (unpaired) electrons. The molecule has 0 bridgehead atoms. The molecule has 1 aromatic carbocycles. The molecule has 0 fully saturated rings. The van der Waals surface area contributed by atoms with Gasteiger partial charge in [-0.1, -0.05) is 19.9 Å². The Hall–Kier alpha value is -1.70. The number of hydrogen-bond donors (Lipinski definition) is 0. The summed E-state index contributed by atoms with van der Waals surface area (Å²) in [6, 6.07) is 5.74. The summed E-state index contributed by atoms with van der Waals surface area (Å²) >= 11 is 0. The van der Waals surface area contributed by atoms with Crippen LogP contribution in [0.3, 0.4) is 0 Å². The van der Waals surface area contributed by atoms with Gasteiger partial charge in [-0.3, -0.25) is 0 Å². The number of carbonyl (C=O) groups is 2. The Kier molecular flexibility index (Phi) is 7.16. The van der Waals surface area contributed by atoms with Gasteiger partial charge in [-0.25, -0.2) is 9.59 Å². The van der Waals surface area contributed by atoms with Crippen LogP contribution in [-0.2, 0) is 13.6 Å². The van der Waals surface area contributed by atoms with E-state index in [4.69, 9.17) is 13.6 Å². The lowest BCUT2D eigenvalue weighted by atomic mass is 10.1. The first-order chi connectivity index (χ1) is 12.0. The van der Waals surface area contributed by atoms with E-state index in [1.54, 1.807) is 18.2 Å². The summed E-state index contributed by atoms with van der Waals surface area (Å²) in [6.45, 7) is 8.06. The first kappa shape index (κ1) is 19.6. The number of carbonyl (C=O) groups excluding carboxylic acids is 2. The van der Waals surface area contributed by atoms with E-state index in [0.29, 0.717) is 25.6 Å². The molecule has 1 aromatic rings. The standard InChI is InChI=1S/C18H26O6Si/c1-4-10-22-25(3,23-11-5-2)13-7-12-21-15-9-6-8-14-16(15)18(20)24-17(14)19/h6,8-9H,4-5,7,10-13H2,1-3H3. The van der Waals surface area contributed by atoms with Crippen molar-refractivity contribution < 1.29 is 27.9 Å². The maximum Gasteiger partial charge on any atom is 0.350 e. The fraction of sp³-hybridized carbons (Fsp3) is 0.556. The number of fused-ring (bicyclic) bond motifs is 1. The van der Waals surface area contributed by atoms with Gasteiger partial charge in [-0.05, 0) is 44.0 Å². The van der Waals surface area contributed by atoms with Gasteiger partial charge in [0.15, 0.2) is 0 Å². The van der Waals surface area contributed by atoms with Gasteiger partial charge in [0.25, 0.3) is 0 Å². The van der Waals surface area contributed by atoms with E-state index in [1.807, 2.05) is 0 Å². The Morgan fingerprint density at radius 1 is 1.00 bits per heavy atom. The molecule has 7 heteroatoms. The van der Waals surface area contributed by atoms with Gasteiger partial charge >= 0.3 is 20.5 Å². The van der Waals surface area contributed by atoms with E-state index >= 15 is 0 Å². The second-order valence-electron chi connectivity index (χ2n) is 6.14. The van der Waals surface area contributed by atoms with Crippen LogP contribution in [0.5, 0.6) is 5.75 Å². The number of rotatable bonds is 11. The first-order valence-corrected chi connectivity index (χ1v) is 11.3. The molecule has 0 saturated carbocycles. The van der Waals surface area contributed by atoms with Gasteiger partial charge in [0, 0.05) is 13.2 Å². The summed E-state index contributed by atoms with van der Waals surface area (Å²) in [5.74, 6) is -0.876. The third kappa shape index (κ3) is 5.13. The predicted molar refractivity (Wildman–Crippen MR) is 95.2 cm³/mol. The van der Waals surface area contributed by atoms with Gasteiger partial charge in [-0.15, -0.1) is 0 Å².